The Morgan fingerprint density at radius 2 is 2.16 bits per heavy atom. The first-order valence-electron chi connectivity index (χ1n) is 7.77. The molecule has 1 spiro atoms. The minimum Gasteiger partial charge on any atom is -0.374 e. The summed E-state index contributed by atoms with van der Waals surface area (Å²) in [6.07, 6.45) is 7.79. The maximum Gasteiger partial charge on any atom is 0.0795 e. The van der Waals surface area contributed by atoms with Gasteiger partial charge >= 0.3 is 0 Å². The molecule has 19 heavy (non-hydrogen) atoms. The molecule has 3 nitrogen and oxygen atoms in total. The van der Waals surface area contributed by atoms with E-state index in [4.69, 9.17) is 4.74 Å². The Balaban J connectivity index is 1.52. The minimum absolute atomic E-state index is 0.214. The second-order valence-electron chi connectivity index (χ2n) is 6.88. The van der Waals surface area contributed by atoms with Crippen molar-refractivity contribution in [2.45, 2.75) is 55.7 Å². The highest BCUT2D eigenvalue weighted by Gasteiger charge is 2.42. The summed E-state index contributed by atoms with van der Waals surface area (Å²) in [4.78, 5) is 2.43. The number of hydrogen-bond donors (Lipinski definition) is 1. The van der Waals surface area contributed by atoms with Crippen LogP contribution in [0.1, 0.15) is 38.5 Å². The fourth-order valence-corrected chi connectivity index (χ4v) is 5.14. The first kappa shape index (κ1) is 14.2. The summed E-state index contributed by atoms with van der Waals surface area (Å²) >= 11 is 2.06. The first-order chi connectivity index (χ1) is 9.14. The topological polar surface area (TPSA) is 24.5 Å². The molecule has 0 radical (unpaired) electrons. The predicted octanol–water partition coefficient (Wildman–Crippen LogP) is 2.11. The summed E-state index contributed by atoms with van der Waals surface area (Å²) in [5, 5.41) is 3.87. The molecule has 3 fully saturated rings. The standard InChI is InChI=1S/C15H28N2OS/c1-17(2)14(5-3-6-14)11-16-13-4-8-18-15(10-13)7-9-19-12-15/h13,16H,3-12H2,1-2H3. The third-order valence-electron chi connectivity index (χ3n) is 5.51. The van der Waals surface area contributed by atoms with Crippen molar-refractivity contribution in [1.82, 2.24) is 10.2 Å². The highest BCUT2D eigenvalue weighted by atomic mass is 32.2. The van der Waals surface area contributed by atoms with Crippen molar-refractivity contribution in [3.8, 4) is 0 Å². The van der Waals surface area contributed by atoms with E-state index in [1.807, 2.05) is 0 Å². The Bertz CT molecular complexity index is 311. The number of ether oxygens (including phenoxy) is 1. The average molecular weight is 284 g/mol. The fourth-order valence-electron chi connectivity index (χ4n) is 3.77. The van der Waals surface area contributed by atoms with Crippen molar-refractivity contribution in [3.05, 3.63) is 0 Å². The molecule has 3 aliphatic rings. The third-order valence-corrected chi connectivity index (χ3v) is 6.74. The van der Waals surface area contributed by atoms with Crippen molar-refractivity contribution >= 4 is 11.8 Å². The smallest absolute Gasteiger partial charge is 0.0795 e. The molecule has 0 bridgehead atoms. The number of hydrogen-bond acceptors (Lipinski definition) is 4. The molecular weight excluding hydrogens is 256 g/mol. The zero-order chi connectivity index (χ0) is 13.3. The lowest BCUT2D eigenvalue weighted by molar-refractivity contribution is -0.0725. The molecule has 2 heterocycles. The SMILES string of the molecule is CN(C)C1(CNC2CCOC3(CCSC3)C2)CCC1. The molecule has 2 saturated heterocycles. The number of likely N-dealkylation sites (N-methyl/N-ethyl adjacent to an activating group) is 1. The Morgan fingerprint density at radius 3 is 2.74 bits per heavy atom. The van der Waals surface area contributed by atoms with Gasteiger partial charge in [-0.2, -0.15) is 11.8 Å². The van der Waals surface area contributed by atoms with Crippen molar-refractivity contribution < 1.29 is 4.74 Å². The van der Waals surface area contributed by atoms with Gasteiger partial charge in [0, 0.05) is 30.5 Å². The van der Waals surface area contributed by atoms with E-state index in [0.717, 1.165) is 13.2 Å². The largest absolute Gasteiger partial charge is 0.374 e. The summed E-state index contributed by atoms with van der Waals surface area (Å²) in [7, 11) is 4.47. The molecule has 1 saturated carbocycles. The van der Waals surface area contributed by atoms with Gasteiger partial charge in [-0.25, -0.2) is 0 Å². The molecule has 1 N–H and O–H groups in total. The highest BCUT2D eigenvalue weighted by molar-refractivity contribution is 7.99. The summed E-state index contributed by atoms with van der Waals surface area (Å²) in [6, 6.07) is 0.671. The van der Waals surface area contributed by atoms with Crippen LogP contribution < -0.4 is 5.32 Å². The van der Waals surface area contributed by atoms with Gasteiger partial charge in [-0.05, 0) is 58.4 Å². The fraction of sp³-hybridized carbons (Fsp3) is 1.00. The van der Waals surface area contributed by atoms with Crippen molar-refractivity contribution in [2.24, 2.45) is 0 Å². The van der Waals surface area contributed by atoms with E-state index in [0.29, 0.717) is 11.6 Å². The summed E-state index contributed by atoms with van der Waals surface area (Å²) in [5.41, 5.74) is 0.654. The van der Waals surface area contributed by atoms with Crippen LogP contribution in [0.15, 0.2) is 0 Å². The monoisotopic (exact) mass is 284 g/mol. The predicted molar refractivity (Wildman–Crippen MR) is 81.9 cm³/mol. The second kappa shape index (κ2) is 5.55. The van der Waals surface area contributed by atoms with Crippen molar-refractivity contribution in [3.63, 3.8) is 0 Å². The van der Waals surface area contributed by atoms with E-state index in [-0.39, 0.29) is 5.60 Å². The van der Waals surface area contributed by atoms with Crippen LogP contribution in [0.4, 0.5) is 0 Å². The Kier molecular flexibility index (Phi) is 4.14. The Hall–Kier alpha value is 0.230. The van der Waals surface area contributed by atoms with E-state index in [1.165, 1.54) is 50.0 Å². The van der Waals surface area contributed by atoms with Crippen LogP contribution in [-0.4, -0.2) is 60.8 Å². The lowest BCUT2D eigenvalue weighted by Crippen LogP contribution is -2.59. The van der Waals surface area contributed by atoms with E-state index >= 15 is 0 Å². The van der Waals surface area contributed by atoms with Crippen LogP contribution in [-0.2, 0) is 4.74 Å². The molecule has 0 aromatic heterocycles. The van der Waals surface area contributed by atoms with Gasteiger partial charge in [-0.15, -0.1) is 0 Å². The van der Waals surface area contributed by atoms with E-state index in [9.17, 15) is 0 Å². The van der Waals surface area contributed by atoms with Crippen molar-refractivity contribution in [1.29, 1.82) is 0 Å². The normalized spacial score (nSPS) is 37.7. The molecular formula is C15H28N2OS. The van der Waals surface area contributed by atoms with Gasteiger partial charge in [-0.3, -0.25) is 0 Å². The second-order valence-corrected chi connectivity index (χ2v) is 7.98. The molecule has 3 rings (SSSR count). The molecule has 2 unspecified atom stereocenters. The molecule has 1 aliphatic carbocycles. The summed E-state index contributed by atoms with van der Waals surface area (Å²) in [5.74, 6) is 2.50. The zero-order valence-corrected chi connectivity index (χ0v) is 13.2. The molecule has 110 valence electrons. The Morgan fingerprint density at radius 1 is 1.32 bits per heavy atom. The van der Waals surface area contributed by atoms with Crippen LogP contribution in [0.25, 0.3) is 0 Å². The van der Waals surface area contributed by atoms with E-state index in [2.05, 4.69) is 36.1 Å². The molecule has 0 aromatic rings. The van der Waals surface area contributed by atoms with Crippen LogP contribution in [0, 0.1) is 0 Å². The highest BCUT2D eigenvalue weighted by Crippen LogP contribution is 2.39. The van der Waals surface area contributed by atoms with Crippen LogP contribution in [0.3, 0.4) is 0 Å². The number of nitrogens with zero attached hydrogens (tertiary/aromatic N) is 1. The average Bonchev–Trinajstić information content (AvgIpc) is 2.75. The van der Waals surface area contributed by atoms with Gasteiger partial charge < -0.3 is 15.0 Å². The molecule has 2 aliphatic heterocycles. The van der Waals surface area contributed by atoms with Gasteiger partial charge in [0.15, 0.2) is 0 Å². The number of rotatable bonds is 4. The van der Waals surface area contributed by atoms with Gasteiger partial charge in [-0.1, -0.05) is 0 Å². The summed E-state index contributed by atoms with van der Waals surface area (Å²) < 4.78 is 6.11. The lowest BCUT2D eigenvalue weighted by atomic mass is 9.75. The zero-order valence-electron chi connectivity index (χ0n) is 12.4. The molecule has 4 heteroatoms. The maximum absolute atomic E-state index is 6.11. The minimum atomic E-state index is 0.214. The van der Waals surface area contributed by atoms with E-state index in [1.54, 1.807) is 0 Å². The van der Waals surface area contributed by atoms with Crippen molar-refractivity contribution in [2.75, 3.05) is 38.8 Å². The first-order valence-corrected chi connectivity index (χ1v) is 8.92. The number of nitrogens with one attached hydrogen (secondary N) is 1. The number of thioether (sulfide) groups is 1. The lowest BCUT2D eigenvalue weighted by Gasteiger charge is -2.49. The Labute approximate surface area is 121 Å². The van der Waals surface area contributed by atoms with Crippen LogP contribution >= 0.6 is 11.8 Å². The third kappa shape index (κ3) is 2.82. The quantitative estimate of drug-likeness (QED) is 0.854. The van der Waals surface area contributed by atoms with Gasteiger partial charge in [0.25, 0.3) is 0 Å². The molecule has 0 amide bonds. The summed E-state index contributed by atoms with van der Waals surface area (Å²) in [6.45, 7) is 2.11. The van der Waals surface area contributed by atoms with Gasteiger partial charge in [0.2, 0.25) is 0 Å². The van der Waals surface area contributed by atoms with Crippen LogP contribution in [0.5, 0.6) is 0 Å². The molecule has 0 aromatic carbocycles. The van der Waals surface area contributed by atoms with Crippen LogP contribution in [0.2, 0.25) is 0 Å². The molecule has 2 atom stereocenters. The van der Waals surface area contributed by atoms with E-state index < -0.39 is 0 Å². The van der Waals surface area contributed by atoms with Gasteiger partial charge in [0.05, 0.1) is 5.60 Å². The maximum atomic E-state index is 6.11. The van der Waals surface area contributed by atoms with Gasteiger partial charge in [0.1, 0.15) is 0 Å².